The van der Waals surface area contributed by atoms with Crippen molar-refractivity contribution < 1.29 is 19.0 Å². The predicted molar refractivity (Wildman–Crippen MR) is 104 cm³/mol. The molecule has 6 nitrogen and oxygen atoms in total. The fraction of sp³-hybridized carbons (Fsp3) is 0.250. The molecule has 1 heterocycles. The third kappa shape index (κ3) is 3.66. The Morgan fingerprint density at radius 3 is 2.41 bits per heavy atom. The minimum absolute atomic E-state index is 0.139. The highest BCUT2D eigenvalue weighted by Crippen LogP contribution is 2.40. The van der Waals surface area contributed by atoms with Crippen molar-refractivity contribution in [1.82, 2.24) is 10.4 Å². The maximum atomic E-state index is 12.4. The monoisotopic (exact) mass is 388 g/mol. The van der Waals surface area contributed by atoms with Gasteiger partial charge in [-0.1, -0.05) is 12.1 Å². The van der Waals surface area contributed by atoms with Crippen molar-refractivity contribution in [3.63, 3.8) is 0 Å². The van der Waals surface area contributed by atoms with E-state index in [1.807, 2.05) is 48.5 Å². The number of amides is 1. The van der Waals surface area contributed by atoms with Gasteiger partial charge in [0.05, 0.1) is 27.0 Å². The van der Waals surface area contributed by atoms with Crippen LogP contribution in [0.2, 0.25) is 0 Å². The molecule has 1 N–H and O–H groups in total. The van der Waals surface area contributed by atoms with Gasteiger partial charge < -0.3 is 14.2 Å². The molecule has 1 atom stereocenters. The quantitative estimate of drug-likeness (QED) is 0.769. The maximum Gasteiger partial charge on any atom is 0.256 e. The van der Waals surface area contributed by atoms with Crippen LogP contribution in [0.25, 0.3) is 5.70 Å². The average molecular weight is 389 g/mol. The zero-order valence-corrected chi connectivity index (χ0v) is 16.1. The highest BCUT2D eigenvalue weighted by molar-refractivity contribution is 6.27. The summed E-state index contributed by atoms with van der Waals surface area (Å²) in [7, 11) is 4.77. The molecule has 2 aromatic carbocycles. The zero-order valence-electron chi connectivity index (χ0n) is 15.4. The van der Waals surface area contributed by atoms with E-state index in [0.29, 0.717) is 11.5 Å². The van der Waals surface area contributed by atoms with Gasteiger partial charge >= 0.3 is 0 Å². The van der Waals surface area contributed by atoms with Crippen molar-refractivity contribution in [3.05, 3.63) is 59.7 Å². The lowest BCUT2D eigenvalue weighted by molar-refractivity contribution is -0.131. The van der Waals surface area contributed by atoms with E-state index in [-0.39, 0.29) is 11.8 Å². The Bertz CT molecular complexity index is 852. The number of hydrogen-bond donors (Lipinski definition) is 1. The molecule has 0 bridgehead atoms. The van der Waals surface area contributed by atoms with E-state index in [1.165, 1.54) is 5.01 Å². The highest BCUT2D eigenvalue weighted by atomic mass is 35.5. The van der Waals surface area contributed by atoms with E-state index in [1.54, 1.807) is 21.3 Å². The molecule has 142 valence electrons. The third-order valence-electron chi connectivity index (χ3n) is 4.38. The van der Waals surface area contributed by atoms with Gasteiger partial charge in [-0.05, 0) is 42.0 Å². The average Bonchev–Trinajstić information content (AvgIpc) is 3.17. The van der Waals surface area contributed by atoms with Crippen LogP contribution in [0.3, 0.4) is 0 Å². The van der Waals surface area contributed by atoms with Crippen molar-refractivity contribution in [2.75, 3.05) is 27.2 Å². The van der Waals surface area contributed by atoms with Crippen molar-refractivity contribution in [2.45, 2.75) is 6.04 Å². The predicted octanol–water partition coefficient (Wildman–Crippen LogP) is 3.38. The lowest BCUT2D eigenvalue weighted by Crippen LogP contribution is -2.40. The first-order chi connectivity index (χ1) is 13.1. The van der Waals surface area contributed by atoms with Crippen molar-refractivity contribution in [2.24, 2.45) is 0 Å². The summed E-state index contributed by atoms with van der Waals surface area (Å²) in [6.45, 7) is 0. The largest absolute Gasteiger partial charge is 0.497 e. The highest BCUT2D eigenvalue weighted by Gasteiger charge is 2.33. The Balaban J connectivity index is 2.04. The molecular weight excluding hydrogens is 368 g/mol. The number of ether oxygens (including phenoxy) is 3. The molecule has 0 unspecified atom stereocenters. The molecule has 1 aliphatic rings. The van der Waals surface area contributed by atoms with Crippen LogP contribution in [-0.4, -0.2) is 38.1 Å². The van der Waals surface area contributed by atoms with Crippen LogP contribution in [0.5, 0.6) is 17.2 Å². The number of alkyl halides is 1. The molecule has 0 fully saturated rings. The molecule has 7 heteroatoms. The summed E-state index contributed by atoms with van der Waals surface area (Å²) in [5.74, 6) is 1.55. The summed E-state index contributed by atoms with van der Waals surface area (Å²) in [6, 6.07) is 12.8. The summed E-state index contributed by atoms with van der Waals surface area (Å²) < 4.78 is 16.1. The number of carbonyl (C=O) groups is 1. The molecule has 0 spiro atoms. The number of benzene rings is 2. The molecule has 1 amide bonds. The Kier molecular flexibility index (Phi) is 5.76. The van der Waals surface area contributed by atoms with Gasteiger partial charge in [0.25, 0.3) is 5.91 Å². The number of hydrazine groups is 1. The standard InChI is InChI=1S/C20H21ClN2O4/c1-25-14-9-7-13(8-10-14)16-11-17(23(22-16)19(24)12-21)15-5-4-6-18(26-2)20(15)27-3/h4-11,17,22H,12H2,1-3H3/t17-/m1/s1. The first-order valence-corrected chi connectivity index (χ1v) is 8.88. The van der Waals surface area contributed by atoms with E-state index < -0.39 is 6.04 Å². The number of rotatable bonds is 6. The molecule has 1 aliphatic heterocycles. The van der Waals surface area contributed by atoms with Gasteiger partial charge in [0.1, 0.15) is 17.7 Å². The van der Waals surface area contributed by atoms with Gasteiger partial charge in [0, 0.05) is 5.56 Å². The van der Waals surface area contributed by atoms with E-state index in [4.69, 9.17) is 25.8 Å². The molecule has 27 heavy (non-hydrogen) atoms. The topological polar surface area (TPSA) is 60.0 Å². The molecule has 2 aromatic rings. The molecule has 0 aromatic heterocycles. The number of methoxy groups -OCH3 is 3. The van der Waals surface area contributed by atoms with Crippen LogP contribution in [0.4, 0.5) is 0 Å². The minimum Gasteiger partial charge on any atom is -0.497 e. The molecule has 0 saturated heterocycles. The molecule has 0 aliphatic carbocycles. The molecule has 0 saturated carbocycles. The van der Waals surface area contributed by atoms with Crippen molar-refractivity contribution in [1.29, 1.82) is 0 Å². The number of halogens is 1. The second-order valence-corrected chi connectivity index (χ2v) is 6.11. The second-order valence-electron chi connectivity index (χ2n) is 5.85. The van der Waals surface area contributed by atoms with E-state index in [9.17, 15) is 4.79 Å². The van der Waals surface area contributed by atoms with Gasteiger partial charge in [-0.2, -0.15) is 0 Å². The van der Waals surface area contributed by atoms with Gasteiger partial charge in [-0.25, -0.2) is 5.01 Å². The van der Waals surface area contributed by atoms with Crippen LogP contribution in [-0.2, 0) is 4.79 Å². The lowest BCUT2D eigenvalue weighted by Gasteiger charge is -2.26. The number of carbonyl (C=O) groups excluding carboxylic acids is 1. The SMILES string of the molecule is COc1ccc(C2=C[C@H](c3cccc(OC)c3OC)N(C(=O)CCl)N2)cc1. The Morgan fingerprint density at radius 2 is 1.81 bits per heavy atom. The van der Waals surface area contributed by atoms with E-state index in [2.05, 4.69) is 5.43 Å². The number of nitrogens with one attached hydrogen (secondary N) is 1. The smallest absolute Gasteiger partial charge is 0.256 e. The summed E-state index contributed by atoms with van der Waals surface area (Å²) in [5.41, 5.74) is 5.67. The summed E-state index contributed by atoms with van der Waals surface area (Å²) >= 11 is 5.82. The third-order valence-corrected chi connectivity index (χ3v) is 4.61. The fourth-order valence-corrected chi connectivity index (χ4v) is 3.18. The van der Waals surface area contributed by atoms with Crippen LogP contribution in [0, 0.1) is 0 Å². The second kappa shape index (κ2) is 8.22. The Hall–Kier alpha value is -2.86. The molecule has 0 radical (unpaired) electrons. The van der Waals surface area contributed by atoms with Gasteiger partial charge in [-0.3, -0.25) is 10.2 Å². The van der Waals surface area contributed by atoms with Gasteiger partial charge in [0.2, 0.25) is 0 Å². The summed E-state index contributed by atoms with van der Waals surface area (Å²) in [4.78, 5) is 12.4. The van der Waals surface area contributed by atoms with Crippen molar-refractivity contribution >= 4 is 23.2 Å². The van der Waals surface area contributed by atoms with Gasteiger partial charge in [-0.15, -0.1) is 11.6 Å². The minimum atomic E-state index is -0.390. The Morgan fingerprint density at radius 1 is 1.07 bits per heavy atom. The van der Waals surface area contributed by atoms with E-state index >= 15 is 0 Å². The first-order valence-electron chi connectivity index (χ1n) is 8.34. The molecule has 3 rings (SSSR count). The maximum absolute atomic E-state index is 12.4. The fourth-order valence-electron chi connectivity index (χ4n) is 3.06. The van der Waals surface area contributed by atoms with Crippen LogP contribution in [0.15, 0.2) is 48.5 Å². The number of nitrogens with zero attached hydrogens (tertiary/aromatic N) is 1. The number of hydrogen-bond acceptors (Lipinski definition) is 5. The summed E-state index contributed by atoms with van der Waals surface area (Å²) in [5, 5.41) is 1.50. The zero-order chi connectivity index (χ0) is 19.4. The van der Waals surface area contributed by atoms with Crippen LogP contribution in [0.1, 0.15) is 17.2 Å². The molecular formula is C20H21ClN2O4. The Labute approximate surface area is 163 Å². The van der Waals surface area contributed by atoms with Crippen LogP contribution < -0.4 is 19.6 Å². The summed E-state index contributed by atoms with van der Waals surface area (Å²) in [6.07, 6.45) is 1.96. The van der Waals surface area contributed by atoms with Crippen LogP contribution >= 0.6 is 11.6 Å². The number of para-hydroxylation sites is 1. The van der Waals surface area contributed by atoms with Crippen molar-refractivity contribution in [3.8, 4) is 17.2 Å². The van der Waals surface area contributed by atoms with Gasteiger partial charge in [0.15, 0.2) is 11.5 Å². The van der Waals surface area contributed by atoms with E-state index in [0.717, 1.165) is 22.6 Å². The normalized spacial score (nSPS) is 15.8. The first kappa shape index (κ1) is 18.9. The lowest BCUT2D eigenvalue weighted by atomic mass is 10.0.